The van der Waals surface area contributed by atoms with Crippen molar-refractivity contribution >= 4 is 11.4 Å². The highest BCUT2D eigenvalue weighted by atomic mass is 19.4. The Hall–Kier alpha value is -3.27. The number of aryl methyl sites for hydroxylation is 1. The lowest BCUT2D eigenvalue weighted by Crippen LogP contribution is -2.05. The summed E-state index contributed by atoms with van der Waals surface area (Å²) >= 11 is 0. The molecule has 0 aliphatic heterocycles. The van der Waals surface area contributed by atoms with Gasteiger partial charge in [-0.05, 0) is 38.5 Å². The van der Waals surface area contributed by atoms with Gasteiger partial charge in [0, 0.05) is 28.2 Å². The van der Waals surface area contributed by atoms with Crippen molar-refractivity contribution in [3.63, 3.8) is 0 Å². The Balaban J connectivity index is 2.18. The fourth-order valence-corrected chi connectivity index (χ4v) is 2.63. The molecule has 29 heavy (non-hydrogen) atoms. The first kappa shape index (κ1) is 22.0. The number of halogens is 3. The summed E-state index contributed by atoms with van der Waals surface area (Å²) in [6, 6.07) is 12.2. The van der Waals surface area contributed by atoms with E-state index >= 15 is 0 Å². The van der Waals surface area contributed by atoms with Crippen LogP contribution in [0.3, 0.4) is 0 Å². The van der Waals surface area contributed by atoms with Gasteiger partial charge in [0.2, 0.25) is 0 Å². The monoisotopic (exact) mass is 402 g/mol. The van der Waals surface area contributed by atoms with Crippen LogP contribution < -0.4 is 0 Å². The molecule has 0 bridgehead atoms. The van der Waals surface area contributed by atoms with Gasteiger partial charge in [-0.3, -0.25) is 0 Å². The Bertz CT molecular complexity index is 984. The standard InChI is InChI=1S/C22H21F3N2O2/c1-15-7-5-10-20(17(3)26-28-4)21(15)14-29-27-16(2)19-9-6-8-18(13-19)11-12-22(23,24)25/h5-10,13H,14H2,1-4H3/b26-17-,27-16+. The van der Waals surface area contributed by atoms with Gasteiger partial charge in [0.05, 0.1) is 11.4 Å². The predicted molar refractivity (Wildman–Crippen MR) is 107 cm³/mol. The summed E-state index contributed by atoms with van der Waals surface area (Å²) in [6.45, 7) is 5.72. The third-order valence-electron chi connectivity index (χ3n) is 4.07. The summed E-state index contributed by atoms with van der Waals surface area (Å²) in [6.07, 6.45) is -4.53. The third-order valence-corrected chi connectivity index (χ3v) is 4.07. The topological polar surface area (TPSA) is 43.2 Å². The second kappa shape index (κ2) is 9.78. The van der Waals surface area contributed by atoms with Crippen molar-refractivity contribution < 1.29 is 22.8 Å². The van der Waals surface area contributed by atoms with Crippen LogP contribution in [-0.2, 0) is 16.3 Å². The van der Waals surface area contributed by atoms with Crippen molar-refractivity contribution in [1.82, 2.24) is 0 Å². The molecule has 0 aliphatic rings. The minimum absolute atomic E-state index is 0.212. The highest BCUT2D eigenvalue weighted by Crippen LogP contribution is 2.18. The van der Waals surface area contributed by atoms with E-state index in [0.29, 0.717) is 17.0 Å². The SMILES string of the molecule is CO/N=C(/C)c1cccc(C)c1CO/N=C(\C)c1cccc(C#CC(F)(F)F)c1. The van der Waals surface area contributed by atoms with Crippen molar-refractivity contribution in [3.8, 4) is 11.8 Å². The molecule has 0 radical (unpaired) electrons. The molecule has 0 heterocycles. The molecule has 0 amide bonds. The van der Waals surface area contributed by atoms with E-state index < -0.39 is 6.18 Å². The Kier molecular flexibility index (Phi) is 7.43. The summed E-state index contributed by atoms with van der Waals surface area (Å²) < 4.78 is 36.8. The highest BCUT2D eigenvalue weighted by Gasteiger charge is 2.22. The van der Waals surface area contributed by atoms with Crippen LogP contribution in [0, 0.1) is 18.8 Å². The van der Waals surface area contributed by atoms with E-state index in [2.05, 4.69) is 16.2 Å². The minimum Gasteiger partial charge on any atom is -0.399 e. The second-order valence-corrected chi connectivity index (χ2v) is 6.24. The second-order valence-electron chi connectivity index (χ2n) is 6.24. The molecule has 152 valence electrons. The first-order valence-corrected chi connectivity index (χ1v) is 8.75. The third kappa shape index (κ3) is 6.68. The molecule has 2 aromatic rings. The maximum Gasteiger partial charge on any atom is 0.458 e. The number of alkyl halides is 3. The quantitative estimate of drug-likeness (QED) is 0.378. The van der Waals surface area contributed by atoms with E-state index in [-0.39, 0.29) is 12.2 Å². The maximum atomic E-state index is 12.3. The molecule has 0 saturated carbocycles. The molecule has 7 heteroatoms. The number of oxime groups is 2. The van der Waals surface area contributed by atoms with Gasteiger partial charge in [-0.1, -0.05) is 46.6 Å². The van der Waals surface area contributed by atoms with E-state index in [0.717, 1.165) is 16.7 Å². The summed E-state index contributed by atoms with van der Waals surface area (Å²) in [7, 11) is 1.48. The van der Waals surface area contributed by atoms with Gasteiger partial charge in [-0.15, -0.1) is 0 Å². The Morgan fingerprint density at radius 2 is 1.76 bits per heavy atom. The lowest BCUT2D eigenvalue weighted by Gasteiger charge is -2.11. The van der Waals surface area contributed by atoms with Crippen LogP contribution in [0.1, 0.15) is 41.7 Å². The zero-order chi connectivity index (χ0) is 21.4. The lowest BCUT2D eigenvalue weighted by atomic mass is 10.00. The van der Waals surface area contributed by atoms with Crippen LogP contribution in [0.4, 0.5) is 13.2 Å². The van der Waals surface area contributed by atoms with Gasteiger partial charge in [-0.25, -0.2) is 0 Å². The molecule has 0 unspecified atom stereocenters. The van der Waals surface area contributed by atoms with Gasteiger partial charge in [-0.2, -0.15) is 13.2 Å². The minimum atomic E-state index is -4.53. The molecular weight excluding hydrogens is 381 g/mol. The van der Waals surface area contributed by atoms with E-state index in [9.17, 15) is 13.2 Å². The first-order chi connectivity index (χ1) is 13.7. The maximum absolute atomic E-state index is 12.3. The first-order valence-electron chi connectivity index (χ1n) is 8.75. The molecule has 2 rings (SSSR count). The number of benzene rings is 2. The molecule has 0 aliphatic carbocycles. The molecular formula is C22H21F3N2O2. The summed E-state index contributed by atoms with van der Waals surface area (Å²) in [4.78, 5) is 10.4. The van der Waals surface area contributed by atoms with E-state index in [4.69, 9.17) is 9.68 Å². The van der Waals surface area contributed by atoms with Crippen LogP contribution in [0.25, 0.3) is 0 Å². The van der Waals surface area contributed by atoms with Crippen LogP contribution >= 0.6 is 0 Å². The fraction of sp³-hybridized carbons (Fsp3) is 0.273. The van der Waals surface area contributed by atoms with Crippen LogP contribution in [0.15, 0.2) is 52.8 Å². The van der Waals surface area contributed by atoms with Gasteiger partial charge < -0.3 is 9.68 Å². The molecule has 0 saturated heterocycles. The molecule has 0 aromatic heterocycles. The number of hydrogen-bond acceptors (Lipinski definition) is 4. The Morgan fingerprint density at radius 3 is 2.45 bits per heavy atom. The van der Waals surface area contributed by atoms with Gasteiger partial charge in [0.1, 0.15) is 13.7 Å². The molecule has 0 atom stereocenters. The van der Waals surface area contributed by atoms with E-state index in [1.54, 1.807) is 19.1 Å². The van der Waals surface area contributed by atoms with Gasteiger partial charge in [0.25, 0.3) is 0 Å². The van der Waals surface area contributed by atoms with Crippen molar-refractivity contribution in [2.75, 3.05) is 7.11 Å². The number of rotatable bonds is 6. The molecule has 4 nitrogen and oxygen atoms in total. The van der Waals surface area contributed by atoms with E-state index in [1.807, 2.05) is 32.0 Å². The van der Waals surface area contributed by atoms with Crippen LogP contribution in [0.2, 0.25) is 0 Å². The fourth-order valence-electron chi connectivity index (χ4n) is 2.63. The summed E-state index contributed by atoms with van der Waals surface area (Å²) in [5.41, 5.74) is 4.95. The average molecular weight is 402 g/mol. The van der Waals surface area contributed by atoms with E-state index in [1.165, 1.54) is 25.2 Å². The number of hydrogen-bond donors (Lipinski definition) is 0. The molecule has 0 spiro atoms. The normalized spacial score (nSPS) is 12.2. The molecule has 0 fully saturated rings. The van der Waals surface area contributed by atoms with Crippen molar-refractivity contribution in [3.05, 3.63) is 70.3 Å². The van der Waals surface area contributed by atoms with Crippen molar-refractivity contribution in [2.45, 2.75) is 33.6 Å². The van der Waals surface area contributed by atoms with Gasteiger partial charge in [0.15, 0.2) is 0 Å². The Labute approximate surface area is 168 Å². The van der Waals surface area contributed by atoms with Crippen LogP contribution in [-0.4, -0.2) is 24.7 Å². The zero-order valence-electron chi connectivity index (χ0n) is 16.6. The average Bonchev–Trinajstić information content (AvgIpc) is 2.67. The predicted octanol–water partition coefficient (Wildman–Crippen LogP) is 5.22. The molecule has 0 N–H and O–H groups in total. The largest absolute Gasteiger partial charge is 0.458 e. The summed E-state index contributed by atoms with van der Waals surface area (Å²) in [5, 5.41) is 8.07. The van der Waals surface area contributed by atoms with Crippen LogP contribution in [0.5, 0.6) is 0 Å². The van der Waals surface area contributed by atoms with Crippen molar-refractivity contribution in [1.29, 1.82) is 0 Å². The Morgan fingerprint density at radius 1 is 1.03 bits per heavy atom. The molecule has 2 aromatic carbocycles. The number of nitrogens with zero attached hydrogens (tertiary/aromatic N) is 2. The summed E-state index contributed by atoms with van der Waals surface area (Å²) in [5.74, 6) is 3.37. The van der Waals surface area contributed by atoms with Gasteiger partial charge >= 0.3 is 6.18 Å². The van der Waals surface area contributed by atoms with Crippen molar-refractivity contribution in [2.24, 2.45) is 10.3 Å². The zero-order valence-corrected chi connectivity index (χ0v) is 16.6. The highest BCUT2D eigenvalue weighted by molar-refractivity contribution is 6.00. The smallest absolute Gasteiger partial charge is 0.399 e. The lowest BCUT2D eigenvalue weighted by molar-refractivity contribution is -0.0696.